The Morgan fingerprint density at radius 2 is 1.67 bits per heavy atom. The van der Waals surface area contributed by atoms with Crippen LogP contribution < -0.4 is 16.0 Å². The van der Waals surface area contributed by atoms with Gasteiger partial charge >= 0.3 is 6.03 Å². The van der Waals surface area contributed by atoms with Crippen LogP contribution in [0.2, 0.25) is 10.0 Å². The quantitative estimate of drug-likeness (QED) is 0.546. The van der Waals surface area contributed by atoms with Crippen molar-refractivity contribution in [3.8, 4) is 0 Å². The van der Waals surface area contributed by atoms with Crippen molar-refractivity contribution in [3.63, 3.8) is 0 Å². The third kappa shape index (κ3) is 6.36. The predicted molar refractivity (Wildman–Crippen MR) is 101 cm³/mol. The van der Waals surface area contributed by atoms with E-state index in [0.717, 1.165) is 5.56 Å². The molecule has 0 saturated carbocycles. The molecule has 4 N–H and O–H groups in total. The molecule has 0 atom stereocenters. The van der Waals surface area contributed by atoms with Gasteiger partial charge in [-0.25, -0.2) is 10.3 Å². The fourth-order valence-corrected chi connectivity index (χ4v) is 2.33. The van der Waals surface area contributed by atoms with Crippen LogP contribution in [-0.4, -0.2) is 24.4 Å². The number of nitrogens with zero attached hydrogens (tertiary/aromatic N) is 1. The van der Waals surface area contributed by atoms with Crippen LogP contribution in [0, 0.1) is 5.53 Å². The molecule has 10 heteroatoms. The second kappa shape index (κ2) is 9.65. The molecule has 27 heavy (non-hydrogen) atoms. The maximum atomic E-state index is 11.8. The Labute approximate surface area is 164 Å². The molecular weight excluding hydrogens is 393 g/mol. The first kappa shape index (κ1) is 20.3. The van der Waals surface area contributed by atoms with Crippen LogP contribution in [0.15, 0.2) is 47.6 Å². The highest BCUT2D eigenvalue weighted by atomic mass is 35.5. The monoisotopic (exact) mass is 407 g/mol. The zero-order valence-corrected chi connectivity index (χ0v) is 15.4. The van der Waals surface area contributed by atoms with E-state index in [4.69, 9.17) is 28.7 Å². The zero-order valence-electron chi connectivity index (χ0n) is 13.9. The van der Waals surface area contributed by atoms with Crippen LogP contribution >= 0.6 is 23.2 Å². The van der Waals surface area contributed by atoms with Crippen LogP contribution in [0.3, 0.4) is 0 Å². The molecule has 0 fully saturated rings. The summed E-state index contributed by atoms with van der Waals surface area (Å²) in [4.78, 5) is 34.8. The maximum absolute atomic E-state index is 11.8. The van der Waals surface area contributed by atoms with Gasteiger partial charge < -0.3 is 16.0 Å². The summed E-state index contributed by atoms with van der Waals surface area (Å²) in [5, 5.41) is 11.2. The summed E-state index contributed by atoms with van der Waals surface area (Å²) in [6.45, 7) is 0.0248. The molecule has 140 valence electrons. The largest absolute Gasteiger partial charge is 0.350 e. The van der Waals surface area contributed by atoms with E-state index < -0.39 is 11.9 Å². The number of amides is 4. The molecule has 0 aliphatic rings. The average molecular weight is 408 g/mol. The van der Waals surface area contributed by atoms with E-state index >= 15 is 0 Å². The molecule has 0 aliphatic carbocycles. The second-order valence-corrected chi connectivity index (χ2v) is 6.14. The third-order valence-electron chi connectivity index (χ3n) is 3.37. The van der Waals surface area contributed by atoms with E-state index in [1.54, 1.807) is 18.2 Å². The Morgan fingerprint density at radius 3 is 2.30 bits per heavy atom. The van der Waals surface area contributed by atoms with Crippen molar-refractivity contribution in [2.45, 2.75) is 6.54 Å². The van der Waals surface area contributed by atoms with Crippen molar-refractivity contribution >= 4 is 46.7 Å². The fourth-order valence-electron chi connectivity index (χ4n) is 2.01. The zero-order chi connectivity index (χ0) is 19.8. The fraction of sp³-hybridized carbons (Fsp3) is 0.118. The first-order valence-corrected chi connectivity index (χ1v) is 8.42. The minimum Gasteiger partial charge on any atom is -0.350 e. The minimum absolute atomic E-state index is 0.221. The molecule has 0 saturated heterocycles. The van der Waals surface area contributed by atoms with Gasteiger partial charge in [-0.3, -0.25) is 9.59 Å². The summed E-state index contributed by atoms with van der Waals surface area (Å²) in [5.74, 6) is -1.06. The molecule has 0 bridgehead atoms. The highest BCUT2D eigenvalue weighted by Crippen LogP contribution is 2.22. The summed E-state index contributed by atoms with van der Waals surface area (Å²) in [7, 11) is 0. The minimum atomic E-state index is -0.676. The van der Waals surface area contributed by atoms with Crippen molar-refractivity contribution < 1.29 is 14.4 Å². The summed E-state index contributed by atoms with van der Waals surface area (Å²) in [5.41, 5.74) is 8.09. The number of nitrogens with one attached hydrogen (secondary N) is 4. The molecule has 0 spiro atoms. The Balaban J connectivity index is 1.75. The lowest BCUT2D eigenvalue weighted by Gasteiger charge is -2.09. The first-order valence-electron chi connectivity index (χ1n) is 7.66. The van der Waals surface area contributed by atoms with Crippen molar-refractivity contribution in [1.29, 1.82) is 5.53 Å². The molecule has 0 aliphatic heterocycles. The summed E-state index contributed by atoms with van der Waals surface area (Å²) in [6.07, 6.45) is 0. The van der Waals surface area contributed by atoms with Crippen molar-refractivity contribution in [3.05, 3.63) is 63.6 Å². The van der Waals surface area contributed by atoms with Gasteiger partial charge in [-0.1, -0.05) is 29.3 Å². The molecule has 8 nitrogen and oxygen atoms in total. The lowest BCUT2D eigenvalue weighted by molar-refractivity contribution is -0.120. The van der Waals surface area contributed by atoms with E-state index in [-0.39, 0.29) is 24.6 Å². The van der Waals surface area contributed by atoms with Gasteiger partial charge in [0, 0.05) is 17.8 Å². The number of carbonyl (C=O) groups is 3. The van der Waals surface area contributed by atoms with E-state index in [1.807, 2.05) is 0 Å². The smallest absolute Gasteiger partial charge is 0.319 e. The molecule has 4 amide bonds. The normalized spacial score (nSPS) is 10.0. The number of rotatable bonds is 6. The van der Waals surface area contributed by atoms with Gasteiger partial charge in [0.05, 0.1) is 16.6 Å². The number of anilines is 1. The molecule has 0 radical (unpaired) electrons. The molecule has 2 rings (SSSR count). The molecule has 2 aromatic carbocycles. The SMILES string of the molecule is N=NC(=O)c1ccc(NC(=O)NCC(=O)NCc2ccc(Cl)c(Cl)c2)cc1. The molecular formula is C17H15Cl2N5O3. The second-order valence-electron chi connectivity index (χ2n) is 5.33. The number of urea groups is 1. The summed E-state index contributed by atoms with van der Waals surface area (Å²) >= 11 is 11.7. The molecule has 0 unspecified atom stereocenters. The Bertz CT molecular complexity index is 871. The molecule has 0 heterocycles. The highest BCUT2D eigenvalue weighted by molar-refractivity contribution is 6.42. The van der Waals surface area contributed by atoms with Gasteiger partial charge in [-0.05, 0) is 42.0 Å². The van der Waals surface area contributed by atoms with Gasteiger partial charge in [0.1, 0.15) is 0 Å². The van der Waals surface area contributed by atoms with Crippen molar-refractivity contribution in [1.82, 2.24) is 10.6 Å². The standard InChI is InChI=1S/C17H15Cl2N5O3/c18-13-6-1-10(7-14(13)19)8-21-15(25)9-22-17(27)23-12-4-2-11(3-5-12)16(26)24-20/h1-7,20H,8-9H2,(H,21,25)(H2,22,23,27). The Hall–Kier alpha value is -2.97. The number of hydrogen-bond donors (Lipinski definition) is 4. The van der Waals surface area contributed by atoms with Crippen LogP contribution in [-0.2, 0) is 11.3 Å². The number of halogens is 2. The number of benzene rings is 2. The van der Waals surface area contributed by atoms with E-state index in [2.05, 4.69) is 21.1 Å². The highest BCUT2D eigenvalue weighted by Gasteiger charge is 2.08. The lowest BCUT2D eigenvalue weighted by atomic mass is 10.2. The van der Waals surface area contributed by atoms with Gasteiger partial charge in [0.2, 0.25) is 5.91 Å². The first-order chi connectivity index (χ1) is 12.9. The van der Waals surface area contributed by atoms with Gasteiger partial charge in [0.25, 0.3) is 5.91 Å². The summed E-state index contributed by atoms with van der Waals surface area (Å²) in [6, 6.07) is 10.3. The Kier molecular flexibility index (Phi) is 7.27. The van der Waals surface area contributed by atoms with Crippen LogP contribution in [0.1, 0.15) is 15.9 Å². The summed E-state index contributed by atoms with van der Waals surface area (Å²) < 4.78 is 0. The average Bonchev–Trinajstić information content (AvgIpc) is 2.67. The van der Waals surface area contributed by atoms with Gasteiger partial charge in [-0.2, -0.15) is 0 Å². The third-order valence-corrected chi connectivity index (χ3v) is 4.11. The van der Waals surface area contributed by atoms with E-state index in [9.17, 15) is 14.4 Å². The van der Waals surface area contributed by atoms with Gasteiger partial charge in [0.15, 0.2) is 0 Å². The molecule has 2 aromatic rings. The van der Waals surface area contributed by atoms with E-state index in [1.165, 1.54) is 24.3 Å². The topological polar surface area (TPSA) is 124 Å². The molecule has 0 aromatic heterocycles. The number of hydrogen-bond acceptors (Lipinski definition) is 4. The Morgan fingerprint density at radius 1 is 0.963 bits per heavy atom. The lowest BCUT2D eigenvalue weighted by Crippen LogP contribution is -2.38. The van der Waals surface area contributed by atoms with Crippen LogP contribution in [0.4, 0.5) is 10.5 Å². The van der Waals surface area contributed by atoms with Crippen molar-refractivity contribution in [2.24, 2.45) is 5.11 Å². The van der Waals surface area contributed by atoms with Crippen LogP contribution in [0.25, 0.3) is 0 Å². The van der Waals surface area contributed by atoms with Crippen molar-refractivity contribution in [2.75, 3.05) is 11.9 Å². The number of carbonyl (C=O) groups excluding carboxylic acids is 3. The van der Waals surface area contributed by atoms with E-state index in [0.29, 0.717) is 15.7 Å². The van der Waals surface area contributed by atoms with Gasteiger partial charge in [-0.15, -0.1) is 5.11 Å². The predicted octanol–water partition coefficient (Wildman–Crippen LogP) is 3.60. The van der Waals surface area contributed by atoms with Crippen LogP contribution in [0.5, 0.6) is 0 Å². The maximum Gasteiger partial charge on any atom is 0.319 e.